The van der Waals surface area contributed by atoms with Crippen molar-refractivity contribution < 1.29 is 37.6 Å². The van der Waals surface area contributed by atoms with Crippen molar-refractivity contribution in [3.63, 3.8) is 0 Å². The number of aliphatic hydroxyl groups is 1. The van der Waals surface area contributed by atoms with Crippen LogP contribution in [0, 0.1) is 0 Å². The molecule has 0 aliphatic carbocycles. The van der Waals surface area contributed by atoms with Crippen LogP contribution in [0.25, 0.3) is 0 Å². The van der Waals surface area contributed by atoms with Crippen molar-refractivity contribution in [3.8, 4) is 0 Å². The standard InChI is InChI=1S/C22H44NO7P/c1-5-6-7-8-9-10-11-12-13-14-15-16-22(25)28-19-21(24)20-30-31(26,27)29-18-17-23(2,3)4/h8-9,21,24H,5-7,10-20H2,1-4H3/b9-8-/t21-/m1/s1. The van der Waals surface area contributed by atoms with Gasteiger partial charge >= 0.3 is 5.97 Å². The maximum absolute atomic E-state index is 11.7. The summed E-state index contributed by atoms with van der Waals surface area (Å²) in [6, 6.07) is 0. The average Bonchev–Trinajstić information content (AvgIpc) is 2.67. The molecule has 31 heavy (non-hydrogen) atoms. The number of unbranched alkanes of at least 4 members (excludes halogenated alkanes) is 7. The Morgan fingerprint density at radius 3 is 2.26 bits per heavy atom. The van der Waals surface area contributed by atoms with Gasteiger partial charge in [-0.2, -0.15) is 0 Å². The second-order valence-electron chi connectivity index (χ2n) is 8.85. The first-order chi connectivity index (χ1) is 14.6. The Hall–Kier alpha value is -0.760. The van der Waals surface area contributed by atoms with Crippen LogP contribution in [-0.4, -0.2) is 69.2 Å². The van der Waals surface area contributed by atoms with E-state index in [1.54, 1.807) is 0 Å². The summed E-state index contributed by atoms with van der Waals surface area (Å²) in [5, 5.41) is 9.75. The van der Waals surface area contributed by atoms with E-state index in [1.807, 2.05) is 21.1 Å². The van der Waals surface area contributed by atoms with E-state index in [0.717, 1.165) is 32.1 Å². The van der Waals surface area contributed by atoms with E-state index in [-0.39, 0.29) is 13.2 Å². The van der Waals surface area contributed by atoms with Crippen molar-refractivity contribution in [1.29, 1.82) is 0 Å². The number of carbonyl (C=O) groups excluding carboxylic acids is 1. The lowest BCUT2D eigenvalue weighted by molar-refractivity contribution is -0.870. The SMILES string of the molecule is CCCC/C=C\CCCCCCCC(=O)OC[C@@H](O)COP(=O)([O-])OCC[N+](C)(C)C. The number of aliphatic hydroxyl groups excluding tert-OH is 1. The largest absolute Gasteiger partial charge is 0.756 e. The number of allylic oxidation sites excluding steroid dienone is 2. The van der Waals surface area contributed by atoms with Crippen LogP contribution >= 0.6 is 7.82 Å². The number of hydrogen-bond acceptors (Lipinski definition) is 7. The zero-order chi connectivity index (χ0) is 23.6. The molecule has 0 aromatic rings. The van der Waals surface area contributed by atoms with Gasteiger partial charge in [-0.1, -0.05) is 51.2 Å². The van der Waals surface area contributed by atoms with Crippen molar-refractivity contribution >= 4 is 13.8 Å². The van der Waals surface area contributed by atoms with Gasteiger partial charge < -0.3 is 28.3 Å². The number of hydrogen-bond donors (Lipinski definition) is 1. The molecule has 1 N–H and O–H groups in total. The van der Waals surface area contributed by atoms with E-state index in [4.69, 9.17) is 9.26 Å². The molecular weight excluding hydrogens is 421 g/mol. The minimum atomic E-state index is -4.49. The number of likely N-dealkylation sites (N-methyl/N-ethyl adjacent to an activating group) is 1. The predicted molar refractivity (Wildman–Crippen MR) is 120 cm³/mol. The Labute approximate surface area is 188 Å². The molecule has 0 amide bonds. The lowest BCUT2D eigenvalue weighted by atomic mass is 10.1. The summed E-state index contributed by atoms with van der Waals surface area (Å²) in [4.78, 5) is 23.4. The number of ether oxygens (including phenoxy) is 1. The van der Waals surface area contributed by atoms with Crippen LogP contribution < -0.4 is 4.89 Å². The fourth-order valence-corrected chi connectivity index (χ4v) is 3.30. The van der Waals surface area contributed by atoms with Crippen molar-refractivity contribution in [3.05, 3.63) is 12.2 Å². The van der Waals surface area contributed by atoms with E-state index in [2.05, 4.69) is 23.6 Å². The van der Waals surface area contributed by atoms with E-state index in [1.165, 1.54) is 25.7 Å². The molecule has 0 aliphatic rings. The maximum Gasteiger partial charge on any atom is 0.305 e. The van der Waals surface area contributed by atoms with Crippen LogP contribution in [0.4, 0.5) is 0 Å². The topological polar surface area (TPSA) is 105 Å². The summed E-state index contributed by atoms with van der Waals surface area (Å²) in [5.74, 6) is -0.401. The highest BCUT2D eigenvalue weighted by atomic mass is 31.2. The molecule has 1 unspecified atom stereocenters. The Morgan fingerprint density at radius 1 is 1.00 bits per heavy atom. The van der Waals surface area contributed by atoms with Crippen molar-refractivity contribution in [2.45, 2.75) is 77.2 Å². The average molecular weight is 466 g/mol. The van der Waals surface area contributed by atoms with Gasteiger partial charge in [0.05, 0.1) is 27.7 Å². The molecule has 0 aromatic heterocycles. The van der Waals surface area contributed by atoms with Crippen molar-refractivity contribution in [2.75, 3.05) is 47.5 Å². The Kier molecular flexibility index (Phi) is 17.3. The van der Waals surface area contributed by atoms with E-state index in [0.29, 0.717) is 17.4 Å². The summed E-state index contributed by atoms with van der Waals surface area (Å²) in [5.41, 5.74) is 0. The van der Waals surface area contributed by atoms with Crippen LogP contribution in [0.5, 0.6) is 0 Å². The second-order valence-corrected chi connectivity index (χ2v) is 10.3. The van der Waals surface area contributed by atoms with E-state index in [9.17, 15) is 19.4 Å². The lowest BCUT2D eigenvalue weighted by Gasteiger charge is -2.27. The molecule has 0 rings (SSSR count). The van der Waals surface area contributed by atoms with Gasteiger partial charge in [-0.15, -0.1) is 0 Å². The molecular formula is C22H44NO7P. The maximum atomic E-state index is 11.7. The van der Waals surface area contributed by atoms with Crippen LogP contribution in [0.3, 0.4) is 0 Å². The summed E-state index contributed by atoms with van der Waals surface area (Å²) >= 11 is 0. The van der Waals surface area contributed by atoms with Crippen molar-refractivity contribution in [2.24, 2.45) is 0 Å². The highest BCUT2D eigenvalue weighted by Crippen LogP contribution is 2.38. The molecule has 8 nitrogen and oxygen atoms in total. The van der Waals surface area contributed by atoms with Gasteiger partial charge in [-0.25, -0.2) is 0 Å². The van der Waals surface area contributed by atoms with Gasteiger partial charge in [0.2, 0.25) is 0 Å². The molecule has 0 aromatic carbocycles. The summed E-state index contributed by atoms with van der Waals surface area (Å²) < 4.78 is 26.5. The predicted octanol–water partition coefficient (Wildman–Crippen LogP) is 3.58. The van der Waals surface area contributed by atoms with Crippen LogP contribution in [-0.2, 0) is 23.1 Å². The molecule has 9 heteroatoms. The highest BCUT2D eigenvalue weighted by Gasteiger charge is 2.16. The van der Waals surface area contributed by atoms with E-state index >= 15 is 0 Å². The van der Waals surface area contributed by atoms with Crippen LogP contribution in [0.2, 0.25) is 0 Å². The lowest BCUT2D eigenvalue weighted by Crippen LogP contribution is -2.37. The first kappa shape index (κ1) is 30.2. The molecule has 0 heterocycles. The van der Waals surface area contributed by atoms with E-state index < -0.39 is 26.5 Å². The number of phosphoric ester groups is 1. The van der Waals surface area contributed by atoms with Crippen LogP contribution in [0.1, 0.15) is 71.1 Å². The molecule has 0 saturated heterocycles. The minimum Gasteiger partial charge on any atom is -0.756 e. The molecule has 0 radical (unpaired) electrons. The van der Waals surface area contributed by atoms with Gasteiger partial charge in [0.15, 0.2) is 0 Å². The monoisotopic (exact) mass is 465 g/mol. The first-order valence-corrected chi connectivity index (χ1v) is 12.9. The van der Waals surface area contributed by atoms with Gasteiger partial charge in [0, 0.05) is 6.42 Å². The zero-order valence-electron chi connectivity index (χ0n) is 19.9. The third-order valence-electron chi connectivity index (χ3n) is 4.52. The molecule has 0 bridgehead atoms. The number of esters is 1. The molecule has 2 atom stereocenters. The fraction of sp³-hybridized carbons (Fsp3) is 0.864. The first-order valence-electron chi connectivity index (χ1n) is 11.4. The third kappa shape index (κ3) is 22.2. The summed E-state index contributed by atoms with van der Waals surface area (Å²) in [7, 11) is 1.24. The molecule has 0 spiro atoms. The number of nitrogens with zero attached hydrogens (tertiary/aromatic N) is 1. The molecule has 0 fully saturated rings. The molecule has 0 aliphatic heterocycles. The Balaban J connectivity index is 3.68. The smallest absolute Gasteiger partial charge is 0.305 e. The fourth-order valence-electron chi connectivity index (χ4n) is 2.57. The zero-order valence-corrected chi connectivity index (χ0v) is 20.8. The van der Waals surface area contributed by atoms with Gasteiger partial charge in [0.25, 0.3) is 7.82 Å². The normalized spacial score (nSPS) is 15.2. The third-order valence-corrected chi connectivity index (χ3v) is 5.48. The quantitative estimate of drug-likeness (QED) is 0.0963. The number of quaternary nitrogens is 1. The molecule has 184 valence electrons. The van der Waals surface area contributed by atoms with Gasteiger partial charge in [-0.05, 0) is 25.7 Å². The summed E-state index contributed by atoms with van der Waals surface area (Å²) in [6.07, 6.45) is 13.4. The Bertz CT molecular complexity index is 534. The Morgan fingerprint density at radius 2 is 1.61 bits per heavy atom. The molecule has 0 saturated carbocycles. The number of carbonyl (C=O) groups is 1. The summed E-state index contributed by atoms with van der Waals surface area (Å²) in [6.45, 7) is 1.86. The van der Waals surface area contributed by atoms with Gasteiger partial charge in [-0.3, -0.25) is 9.36 Å². The number of phosphoric acid groups is 1. The second kappa shape index (κ2) is 17.8. The highest BCUT2D eigenvalue weighted by molar-refractivity contribution is 7.45. The van der Waals surface area contributed by atoms with Gasteiger partial charge in [0.1, 0.15) is 25.9 Å². The van der Waals surface area contributed by atoms with Crippen molar-refractivity contribution in [1.82, 2.24) is 0 Å². The number of rotatable bonds is 20. The van der Waals surface area contributed by atoms with Crippen LogP contribution in [0.15, 0.2) is 12.2 Å². The minimum absolute atomic E-state index is 0.00891.